The molecule has 7 nitrogen and oxygen atoms in total. The summed E-state index contributed by atoms with van der Waals surface area (Å²) < 4.78 is 32.1. The van der Waals surface area contributed by atoms with Gasteiger partial charge in [-0.05, 0) is 36.6 Å². The van der Waals surface area contributed by atoms with E-state index in [1.165, 1.54) is 31.0 Å². The van der Waals surface area contributed by atoms with Gasteiger partial charge in [-0.2, -0.15) is 0 Å². The zero-order valence-corrected chi connectivity index (χ0v) is 14.0. The maximum absolute atomic E-state index is 12.4. The minimum absolute atomic E-state index is 0.00155. The van der Waals surface area contributed by atoms with Crippen molar-refractivity contribution < 1.29 is 18.1 Å². The molecule has 0 aromatic heterocycles. The fourth-order valence-corrected chi connectivity index (χ4v) is 3.41. The molecule has 0 heterocycles. The summed E-state index contributed by atoms with van der Waals surface area (Å²) >= 11 is 1.48. The molecule has 0 atom stereocenters. The first-order chi connectivity index (χ1) is 10.9. The van der Waals surface area contributed by atoms with Crippen molar-refractivity contribution in [1.29, 1.82) is 0 Å². The summed E-state index contributed by atoms with van der Waals surface area (Å²) in [6, 6.07) is 10.3. The number of benzene rings is 2. The summed E-state index contributed by atoms with van der Waals surface area (Å²) in [5.41, 5.74) is -0.0245. The summed E-state index contributed by atoms with van der Waals surface area (Å²) in [7, 11) is -2.66. The molecule has 0 aliphatic rings. The minimum Gasteiger partial charge on any atom is -0.490 e. The molecule has 0 saturated heterocycles. The van der Waals surface area contributed by atoms with E-state index in [0.717, 1.165) is 11.0 Å². The highest BCUT2D eigenvalue weighted by Crippen LogP contribution is 2.30. The number of thioether (sulfide) groups is 1. The fourth-order valence-electron chi connectivity index (χ4n) is 1.88. The molecule has 0 amide bonds. The molecule has 122 valence electrons. The van der Waals surface area contributed by atoms with Crippen molar-refractivity contribution in [2.24, 2.45) is 0 Å². The topological polar surface area (TPSA) is 98.5 Å². The van der Waals surface area contributed by atoms with Gasteiger partial charge in [0.05, 0.1) is 16.9 Å². The Morgan fingerprint density at radius 3 is 2.57 bits per heavy atom. The minimum atomic E-state index is -3.94. The largest absolute Gasteiger partial charge is 0.490 e. The van der Waals surface area contributed by atoms with E-state index in [4.69, 9.17) is 4.74 Å². The zero-order chi connectivity index (χ0) is 17.0. The van der Waals surface area contributed by atoms with E-state index in [2.05, 4.69) is 4.72 Å². The first-order valence-electron chi connectivity index (χ1n) is 6.36. The third kappa shape index (κ3) is 3.93. The van der Waals surface area contributed by atoms with Crippen LogP contribution < -0.4 is 9.46 Å². The van der Waals surface area contributed by atoms with Crippen LogP contribution in [-0.2, 0) is 10.0 Å². The Kier molecular flexibility index (Phi) is 5.12. The Balaban J connectivity index is 2.39. The van der Waals surface area contributed by atoms with Crippen LogP contribution in [0.25, 0.3) is 0 Å². The van der Waals surface area contributed by atoms with Gasteiger partial charge in [0.15, 0.2) is 5.75 Å². The Hall–Kier alpha value is -2.26. The first-order valence-corrected chi connectivity index (χ1v) is 9.07. The molecule has 2 aromatic carbocycles. The number of rotatable bonds is 6. The van der Waals surface area contributed by atoms with E-state index in [-0.39, 0.29) is 10.6 Å². The van der Waals surface area contributed by atoms with Crippen LogP contribution in [0.4, 0.5) is 11.4 Å². The molecule has 2 rings (SSSR count). The lowest BCUT2D eigenvalue weighted by atomic mass is 10.3. The van der Waals surface area contributed by atoms with Crippen LogP contribution in [0, 0.1) is 10.1 Å². The van der Waals surface area contributed by atoms with E-state index >= 15 is 0 Å². The molecular weight excluding hydrogens is 340 g/mol. The van der Waals surface area contributed by atoms with Gasteiger partial charge in [0.2, 0.25) is 0 Å². The summed E-state index contributed by atoms with van der Waals surface area (Å²) in [4.78, 5) is 11.0. The molecule has 0 spiro atoms. The molecule has 1 N–H and O–H groups in total. The van der Waals surface area contributed by atoms with Gasteiger partial charge in [0.1, 0.15) is 0 Å². The van der Waals surface area contributed by atoms with Gasteiger partial charge in [-0.3, -0.25) is 14.8 Å². The molecule has 0 aliphatic carbocycles. The standard InChI is InChI=1S/C14H14N2O5S2/c1-21-14-7-6-12(9-13(14)16(17)18)23(19,20)15-10-4-3-5-11(8-10)22-2/h3-9,15H,1-2H3. The van der Waals surface area contributed by atoms with Crippen LogP contribution in [0.1, 0.15) is 0 Å². The Bertz CT molecular complexity index is 837. The number of ether oxygens (including phenoxy) is 1. The van der Waals surface area contributed by atoms with Gasteiger partial charge in [-0.25, -0.2) is 8.42 Å². The number of methoxy groups -OCH3 is 1. The monoisotopic (exact) mass is 354 g/mol. The lowest BCUT2D eigenvalue weighted by molar-refractivity contribution is -0.386. The van der Waals surface area contributed by atoms with Crippen molar-refractivity contribution in [3.8, 4) is 5.75 Å². The molecule has 0 aliphatic heterocycles. The van der Waals surface area contributed by atoms with Crippen LogP contribution in [-0.4, -0.2) is 26.7 Å². The van der Waals surface area contributed by atoms with Gasteiger partial charge in [-0.1, -0.05) is 6.07 Å². The van der Waals surface area contributed by atoms with Crippen LogP contribution >= 0.6 is 11.8 Å². The number of sulfonamides is 1. The fraction of sp³-hybridized carbons (Fsp3) is 0.143. The number of anilines is 1. The molecular formula is C14H14N2O5S2. The van der Waals surface area contributed by atoms with Crippen molar-refractivity contribution in [2.45, 2.75) is 9.79 Å². The van der Waals surface area contributed by atoms with E-state index < -0.39 is 20.6 Å². The first kappa shape index (κ1) is 17.1. The van der Waals surface area contributed by atoms with Gasteiger partial charge in [0.25, 0.3) is 10.0 Å². The second-order valence-electron chi connectivity index (χ2n) is 4.43. The Morgan fingerprint density at radius 2 is 1.96 bits per heavy atom. The quantitative estimate of drug-likeness (QED) is 0.486. The molecule has 0 fully saturated rings. The highest BCUT2D eigenvalue weighted by molar-refractivity contribution is 7.98. The maximum Gasteiger partial charge on any atom is 0.312 e. The SMILES string of the molecule is COc1ccc(S(=O)(=O)Nc2cccc(SC)c2)cc1[N+](=O)[O-]. The van der Waals surface area contributed by atoms with Gasteiger partial charge in [-0.15, -0.1) is 11.8 Å². The highest BCUT2D eigenvalue weighted by Gasteiger charge is 2.22. The van der Waals surface area contributed by atoms with Crippen molar-refractivity contribution >= 4 is 33.2 Å². The molecule has 0 bridgehead atoms. The lowest BCUT2D eigenvalue weighted by Crippen LogP contribution is -2.13. The molecule has 9 heteroatoms. The number of nitrogens with one attached hydrogen (secondary N) is 1. The highest BCUT2D eigenvalue weighted by atomic mass is 32.2. The van der Waals surface area contributed by atoms with E-state index in [1.54, 1.807) is 18.2 Å². The second kappa shape index (κ2) is 6.88. The third-order valence-corrected chi connectivity index (χ3v) is 5.08. The zero-order valence-electron chi connectivity index (χ0n) is 12.3. The predicted molar refractivity (Wildman–Crippen MR) is 88.7 cm³/mol. The van der Waals surface area contributed by atoms with Crippen molar-refractivity contribution in [2.75, 3.05) is 18.1 Å². The average Bonchev–Trinajstić information content (AvgIpc) is 2.53. The maximum atomic E-state index is 12.4. The van der Waals surface area contributed by atoms with Crippen LogP contribution in [0.5, 0.6) is 5.75 Å². The summed E-state index contributed by atoms with van der Waals surface area (Å²) in [5.74, 6) is -0.00155. The Morgan fingerprint density at radius 1 is 1.22 bits per heavy atom. The van der Waals surface area contributed by atoms with Crippen LogP contribution in [0.3, 0.4) is 0 Å². The summed E-state index contributed by atoms with van der Waals surface area (Å²) in [6.07, 6.45) is 1.88. The summed E-state index contributed by atoms with van der Waals surface area (Å²) in [5, 5.41) is 11.0. The predicted octanol–water partition coefficient (Wildman–Crippen LogP) is 3.13. The van der Waals surface area contributed by atoms with Gasteiger partial charge >= 0.3 is 5.69 Å². The smallest absolute Gasteiger partial charge is 0.312 e. The Labute approximate surface area is 137 Å². The number of hydrogen-bond acceptors (Lipinski definition) is 6. The normalized spacial score (nSPS) is 11.0. The lowest BCUT2D eigenvalue weighted by Gasteiger charge is -2.10. The van der Waals surface area contributed by atoms with Crippen LogP contribution in [0.15, 0.2) is 52.3 Å². The number of nitrogens with zero attached hydrogens (tertiary/aromatic N) is 1. The van der Waals surface area contributed by atoms with Crippen molar-refractivity contribution in [3.63, 3.8) is 0 Å². The van der Waals surface area contributed by atoms with E-state index in [0.29, 0.717) is 5.69 Å². The van der Waals surface area contributed by atoms with Gasteiger partial charge < -0.3 is 4.74 Å². The van der Waals surface area contributed by atoms with Crippen LogP contribution in [0.2, 0.25) is 0 Å². The molecule has 0 radical (unpaired) electrons. The number of nitro groups is 1. The third-order valence-electron chi connectivity index (χ3n) is 2.98. The van der Waals surface area contributed by atoms with E-state index in [1.807, 2.05) is 12.3 Å². The second-order valence-corrected chi connectivity index (χ2v) is 6.99. The molecule has 0 unspecified atom stereocenters. The number of hydrogen-bond donors (Lipinski definition) is 1. The molecule has 2 aromatic rings. The molecule has 0 saturated carbocycles. The average molecular weight is 354 g/mol. The van der Waals surface area contributed by atoms with Crippen molar-refractivity contribution in [3.05, 3.63) is 52.6 Å². The molecule has 23 heavy (non-hydrogen) atoms. The van der Waals surface area contributed by atoms with Gasteiger partial charge in [0, 0.05) is 16.6 Å². The number of nitro benzene ring substituents is 1. The summed E-state index contributed by atoms with van der Waals surface area (Å²) in [6.45, 7) is 0. The van der Waals surface area contributed by atoms with E-state index in [9.17, 15) is 18.5 Å². The van der Waals surface area contributed by atoms with Crippen molar-refractivity contribution in [1.82, 2.24) is 0 Å².